The van der Waals surface area contributed by atoms with Gasteiger partial charge in [-0.2, -0.15) is 0 Å². The minimum absolute atomic E-state index is 0.216. The summed E-state index contributed by atoms with van der Waals surface area (Å²) < 4.78 is 6.76. The maximum absolute atomic E-state index is 10.9. The summed E-state index contributed by atoms with van der Waals surface area (Å²) in [6.07, 6.45) is 0. The van der Waals surface area contributed by atoms with E-state index in [1.54, 1.807) is 14.0 Å². The fraction of sp³-hybridized carbons (Fsp3) is 0.385. The summed E-state index contributed by atoms with van der Waals surface area (Å²) in [5.74, 6) is -0.183. The molecule has 0 fully saturated rings. The number of ether oxygens (including phenoxy) is 1. The van der Waals surface area contributed by atoms with Crippen LogP contribution in [0, 0.1) is 12.8 Å². The lowest BCUT2D eigenvalue weighted by Crippen LogP contribution is -2.18. The number of hydrogen-bond donors (Lipinski definition) is 1. The van der Waals surface area contributed by atoms with Gasteiger partial charge in [0.25, 0.3) is 0 Å². The second-order valence-corrected chi connectivity index (χ2v) is 4.61. The summed E-state index contributed by atoms with van der Waals surface area (Å²) in [6, 6.07) is 5.63. The minimum atomic E-state index is -0.882. The number of methoxy groups -OCH3 is 1. The molecule has 20 heavy (non-hydrogen) atoms. The molecule has 0 radical (unpaired) electrons. The van der Waals surface area contributed by atoms with Crippen LogP contribution in [0.25, 0.3) is 11.4 Å². The first-order valence-electron chi connectivity index (χ1n) is 6.17. The van der Waals surface area contributed by atoms with Crippen molar-refractivity contribution >= 4 is 5.97 Å². The van der Waals surface area contributed by atoms with Crippen LogP contribution >= 0.6 is 0 Å². The number of carbonyl (C=O) groups is 1. The van der Waals surface area contributed by atoms with Gasteiger partial charge in [-0.15, -0.1) is 5.10 Å². The molecular formula is C13H16N4O3. The Morgan fingerprint density at radius 3 is 2.90 bits per heavy atom. The molecule has 0 saturated carbocycles. The van der Waals surface area contributed by atoms with Gasteiger partial charge in [-0.05, 0) is 29.0 Å². The molecule has 0 aliphatic rings. The predicted octanol–water partition coefficient (Wildman–Crippen LogP) is 1.38. The first kappa shape index (κ1) is 14.0. The molecule has 1 N–H and O–H groups in total. The monoisotopic (exact) mass is 276 g/mol. The van der Waals surface area contributed by atoms with Crippen LogP contribution in [0.4, 0.5) is 0 Å². The van der Waals surface area contributed by atoms with Crippen LogP contribution in [0.1, 0.15) is 12.5 Å². The number of tetrazole rings is 1. The third-order valence-corrected chi connectivity index (χ3v) is 3.07. The lowest BCUT2D eigenvalue weighted by Gasteiger charge is -2.10. The zero-order valence-electron chi connectivity index (χ0n) is 11.6. The van der Waals surface area contributed by atoms with Crippen molar-refractivity contribution in [2.24, 2.45) is 5.92 Å². The highest BCUT2D eigenvalue weighted by molar-refractivity contribution is 5.69. The van der Waals surface area contributed by atoms with Gasteiger partial charge in [0.1, 0.15) is 5.75 Å². The van der Waals surface area contributed by atoms with Crippen molar-refractivity contribution < 1.29 is 14.6 Å². The van der Waals surface area contributed by atoms with E-state index in [1.165, 1.54) is 4.68 Å². The van der Waals surface area contributed by atoms with E-state index in [2.05, 4.69) is 15.5 Å². The first-order chi connectivity index (χ1) is 9.52. The number of rotatable bonds is 5. The molecule has 0 aliphatic carbocycles. The summed E-state index contributed by atoms with van der Waals surface area (Å²) in [6.45, 7) is 3.77. The van der Waals surface area contributed by atoms with Crippen LogP contribution in [0.3, 0.4) is 0 Å². The summed E-state index contributed by atoms with van der Waals surface area (Å²) in [5, 5.41) is 20.4. The normalized spacial score (nSPS) is 12.2. The zero-order chi connectivity index (χ0) is 14.7. The van der Waals surface area contributed by atoms with Crippen molar-refractivity contribution in [2.75, 3.05) is 7.11 Å². The number of hydrogen-bond acceptors (Lipinski definition) is 5. The van der Waals surface area contributed by atoms with E-state index in [4.69, 9.17) is 9.84 Å². The topological polar surface area (TPSA) is 90.1 Å². The lowest BCUT2D eigenvalue weighted by molar-refractivity contribution is -0.141. The quantitative estimate of drug-likeness (QED) is 0.887. The molecule has 106 valence electrons. The Morgan fingerprint density at radius 2 is 2.25 bits per heavy atom. The zero-order valence-corrected chi connectivity index (χ0v) is 11.6. The Kier molecular flexibility index (Phi) is 3.97. The highest BCUT2D eigenvalue weighted by Gasteiger charge is 2.17. The van der Waals surface area contributed by atoms with Crippen LogP contribution in [-0.2, 0) is 11.3 Å². The van der Waals surface area contributed by atoms with Crippen LogP contribution in [0.2, 0.25) is 0 Å². The van der Waals surface area contributed by atoms with Crippen molar-refractivity contribution in [3.63, 3.8) is 0 Å². The maximum Gasteiger partial charge on any atom is 0.308 e. The van der Waals surface area contributed by atoms with Crippen LogP contribution in [0.5, 0.6) is 5.75 Å². The summed E-state index contributed by atoms with van der Waals surface area (Å²) in [7, 11) is 1.60. The van der Waals surface area contributed by atoms with E-state index in [9.17, 15) is 4.79 Å². The van der Waals surface area contributed by atoms with Gasteiger partial charge in [0.05, 0.1) is 19.6 Å². The number of benzene rings is 1. The first-order valence-corrected chi connectivity index (χ1v) is 6.17. The molecule has 2 aromatic rings. The second kappa shape index (κ2) is 5.68. The molecule has 7 heteroatoms. The van der Waals surface area contributed by atoms with Crippen LogP contribution in [-0.4, -0.2) is 38.4 Å². The highest BCUT2D eigenvalue weighted by atomic mass is 16.5. The summed E-state index contributed by atoms with van der Waals surface area (Å²) in [5.41, 5.74) is 1.80. The van der Waals surface area contributed by atoms with Gasteiger partial charge in [0.2, 0.25) is 0 Å². The fourth-order valence-electron chi connectivity index (χ4n) is 1.83. The molecule has 0 spiro atoms. The van der Waals surface area contributed by atoms with E-state index in [-0.39, 0.29) is 6.54 Å². The molecule has 1 unspecified atom stereocenters. The lowest BCUT2D eigenvalue weighted by atomic mass is 10.1. The Hall–Kier alpha value is -2.44. The molecule has 0 bridgehead atoms. The van der Waals surface area contributed by atoms with Crippen LogP contribution < -0.4 is 4.74 Å². The van der Waals surface area contributed by atoms with E-state index < -0.39 is 11.9 Å². The van der Waals surface area contributed by atoms with Gasteiger partial charge in [-0.25, -0.2) is 4.68 Å². The number of nitrogens with zero attached hydrogens (tertiary/aromatic N) is 4. The Morgan fingerprint density at radius 1 is 1.50 bits per heavy atom. The molecule has 0 amide bonds. The van der Waals surface area contributed by atoms with Crippen molar-refractivity contribution in [3.8, 4) is 17.1 Å². The van der Waals surface area contributed by atoms with Crippen molar-refractivity contribution in [2.45, 2.75) is 20.4 Å². The third kappa shape index (κ3) is 2.76. The average Bonchev–Trinajstić information content (AvgIpc) is 2.87. The van der Waals surface area contributed by atoms with Gasteiger partial charge in [-0.3, -0.25) is 4.79 Å². The number of aryl methyl sites for hydroxylation is 1. The van der Waals surface area contributed by atoms with Gasteiger partial charge < -0.3 is 9.84 Å². The standard InChI is InChI=1S/C13H16N4O3/c1-8-4-5-10(6-11(8)20-3)12-14-15-16-17(12)7-9(2)13(18)19/h4-6,9H,7H2,1-3H3,(H,18,19). The fourth-order valence-corrected chi connectivity index (χ4v) is 1.83. The molecule has 2 rings (SSSR count). The summed E-state index contributed by atoms with van der Waals surface area (Å²) >= 11 is 0. The van der Waals surface area contributed by atoms with Crippen molar-refractivity contribution in [1.29, 1.82) is 0 Å². The van der Waals surface area contributed by atoms with E-state index in [1.807, 2.05) is 25.1 Å². The summed E-state index contributed by atoms with van der Waals surface area (Å²) in [4.78, 5) is 10.9. The van der Waals surface area contributed by atoms with Gasteiger partial charge in [0, 0.05) is 5.56 Å². The molecule has 1 aromatic carbocycles. The minimum Gasteiger partial charge on any atom is -0.496 e. The van der Waals surface area contributed by atoms with E-state index >= 15 is 0 Å². The SMILES string of the molecule is COc1cc(-c2nnnn2CC(C)C(=O)O)ccc1C. The van der Waals surface area contributed by atoms with Crippen molar-refractivity contribution in [1.82, 2.24) is 20.2 Å². The molecular weight excluding hydrogens is 260 g/mol. The maximum atomic E-state index is 10.9. The molecule has 1 heterocycles. The Labute approximate surface area is 116 Å². The van der Waals surface area contributed by atoms with Gasteiger partial charge in [-0.1, -0.05) is 19.1 Å². The molecule has 7 nitrogen and oxygen atoms in total. The largest absolute Gasteiger partial charge is 0.496 e. The van der Waals surface area contributed by atoms with Gasteiger partial charge in [0.15, 0.2) is 5.82 Å². The van der Waals surface area contributed by atoms with E-state index in [0.29, 0.717) is 5.82 Å². The second-order valence-electron chi connectivity index (χ2n) is 4.61. The van der Waals surface area contributed by atoms with Crippen molar-refractivity contribution in [3.05, 3.63) is 23.8 Å². The molecule has 0 aliphatic heterocycles. The number of carboxylic acids is 1. The number of carboxylic acid groups (broad SMARTS) is 1. The van der Waals surface area contributed by atoms with Gasteiger partial charge >= 0.3 is 5.97 Å². The smallest absolute Gasteiger partial charge is 0.308 e. The number of aliphatic carboxylic acids is 1. The van der Waals surface area contributed by atoms with Crippen LogP contribution in [0.15, 0.2) is 18.2 Å². The third-order valence-electron chi connectivity index (χ3n) is 3.07. The Balaban J connectivity index is 2.34. The predicted molar refractivity (Wildman–Crippen MR) is 71.3 cm³/mol. The number of aromatic nitrogens is 4. The van der Waals surface area contributed by atoms with E-state index in [0.717, 1.165) is 16.9 Å². The highest BCUT2D eigenvalue weighted by Crippen LogP contribution is 2.25. The molecule has 1 atom stereocenters. The molecule has 1 aromatic heterocycles. The Bertz CT molecular complexity index is 624. The molecule has 0 saturated heterocycles. The average molecular weight is 276 g/mol.